The Hall–Kier alpha value is -1.06. The molecule has 0 aliphatic carbocycles. The van der Waals surface area contributed by atoms with Gasteiger partial charge in [0, 0.05) is 25.9 Å². The minimum Gasteiger partial charge on any atom is -0.383 e. The quantitative estimate of drug-likeness (QED) is 0.834. The molecule has 1 aromatic rings. The molecule has 16 heavy (non-hydrogen) atoms. The maximum atomic E-state index is 5.83. The number of rotatable bonds is 4. The number of hydrogen-bond donors (Lipinski definition) is 1. The zero-order valence-electron chi connectivity index (χ0n) is 9.86. The summed E-state index contributed by atoms with van der Waals surface area (Å²) < 4.78 is 5.24. The minimum atomic E-state index is 0.298. The number of para-hydroxylation sites is 1. The second-order valence-corrected chi connectivity index (χ2v) is 4.27. The van der Waals surface area contributed by atoms with E-state index in [1.165, 1.54) is 24.1 Å². The number of hydrogen-bond acceptors (Lipinski definition) is 3. The maximum absolute atomic E-state index is 5.83. The second-order valence-electron chi connectivity index (χ2n) is 4.27. The van der Waals surface area contributed by atoms with Crippen molar-refractivity contribution in [1.29, 1.82) is 0 Å². The first-order valence-corrected chi connectivity index (χ1v) is 5.90. The normalized spacial score (nSPS) is 17.0. The van der Waals surface area contributed by atoms with E-state index in [0.29, 0.717) is 19.2 Å². The second kappa shape index (κ2) is 5.32. The topological polar surface area (TPSA) is 38.5 Å². The van der Waals surface area contributed by atoms with Crippen LogP contribution < -0.4 is 10.6 Å². The van der Waals surface area contributed by atoms with Crippen molar-refractivity contribution >= 4 is 5.69 Å². The fourth-order valence-electron chi connectivity index (χ4n) is 2.42. The molecule has 0 amide bonds. The van der Waals surface area contributed by atoms with Crippen LogP contribution in [0.1, 0.15) is 12.0 Å². The molecule has 1 unspecified atom stereocenters. The monoisotopic (exact) mass is 220 g/mol. The lowest BCUT2D eigenvalue weighted by atomic mass is 10.00. The van der Waals surface area contributed by atoms with Crippen LogP contribution in [0.4, 0.5) is 5.69 Å². The molecule has 0 spiro atoms. The van der Waals surface area contributed by atoms with Gasteiger partial charge in [-0.05, 0) is 24.5 Å². The third-order valence-corrected chi connectivity index (χ3v) is 3.22. The molecule has 0 aromatic heterocycles. The number of nitrogens with zero attached hydrogens (tertiary/aromatic N) is 1. The van der Waals surface area contributed by atoms with Crippen molar-refractivity contribution in [1.82, 2.24) is 0 Å². The number of benzene rings is 1. The summed E-state index contributed by atoms with van der Waals surface area (Å²) in [5, 5.41) is 0. The van der Waals surface area contributed by atoms with Crippen LogP contribution in [-0.2, 0) is 11.2 Å². The smallest absolute Gasteiger partial charge is 0.0678 e. The van der Waals surface area contributed by atoms with Crippen LogP contribution in [0, 0.1) is 0 Å². The molecule has 1 aliphatic heterocycles. The van der Waals surface area contributed by atoms with Crippen molar-refractivity contribution in [2.75, 3.05) is 31.7 Å². The molecule has 3 nitrogen and oxygen atoms in total. The summed E-state index contributed by atoms with van der Waals surface area (Å²) in [7, 11) is 1.73. The lowest BCUT2D eigenvalue weighted by Gasteiger charge is -2.37. The van der Waals surface area contributed by atoms with E-state index in [2.05, 4.69) is 29.2 Å². The highest BCUT2D eigenvalue weighted by Crippen LogP contribution is 2.28. The Balaban J connectivity index is 2.23. The molecule has 1 heterocycles. The number of nitrogens with two attached hydrogens (primary N) is 1. The highest BCUT2D eigenvalue weighted by molar-refractivity contribution is 5.56. The summed E-state index contributed by atoms with van der Waals surface area (Å²) in [5.41, 5.74) is 8.59. The van der Waals surface area contributed by atoms with E-state index < -0.39 is 0 Å². The Labute approximate surface area is 97.2 Å². The number of fused-ring (bicyclic) bond motifs is 1. The van der Waals surface area contributed by atoms with Crippen LogP contribution in [0.3, 0.4) is 0 Å². The van der Waals surface area contributed by atoms with Gasteiger partial charge in [0.15, 0.2) is 0 Å². The van der Waals surface area contributed by atoms with Crippen molar-refractivity contribution in [2.24, 2.45) is 5.73 Å². The number of anilines is 1. The number of methoxy groups -OCH3 is 1. The van der Waals surface area contributed by atoms with Gasteiger partial charge in [-0.25, -0.2) is 0 Å². The van der Waals surface area contributed by atoms with E-state index in [0.717, 1.165) is 6.54 Å². The van der Waals surface area contributed by atoms with Crippen LogP contribution in [0.15, 0.2) is 24.3 Å². The number of aryl methyl sites for hydroxylation is 1. The first kappa shape index (κ1) is 11.4. The molecule has 0 radical (unpaired) electrons. The Morgan fingerprint density at radius 1 is 1.44 bits per heavy atom. The Bertz CT molecular complexity index is 340. The third-order valence-electron chi connectivity index (χ3n) is 3.22. The Morgan fingerprint density at radius 3 is 3.00 bits per heavy atom. The average molecular weight is 220 g/mol. The van der Waals surface area contributed by atoms with Crippen molar-refractivity contribution in [3.63, 3.8) is 0 Å². The number of ether oxygens (including phenoxy) is 1. The zero-order chi connectivity index (χ0) is 11.4. The predicted octanol–water partition coefficient (Wildman–Crippen LogP) is 1.41. The average Bonchev–Trinajstić information content (AvgIpc) is 2.35. The van der Waals surface area contributed by atoms with Crippen LogP contribution >= 0.6 is 0 Å². The van der Waals surface area contributed by atoms with Gasteiger partial charge < -0.3 is 15.4 Å². The van der Waals surface area contributed by atoms with Gasteiger partial charge in [0.2, 0.25) is 0 Å². The summed E-state index contributed by atoms with van der Waals surface area (Å²) >= 11 is 0. The molecular formula is C13H20N2O. The highest BCUT2D eigenvalue weighted by Gasteiger charge is 2.22. The summed E-state index contributed by atoms with van der Waals surface area (Å²) in [6, 6.07) is 8.90. The Kier molecular flexibility index (Phi) is 3.80. The lowest BCUT2D eigenvalue weighted by molar-refractivity contribution is 0.177. The van der Waals surface area contributed by atoms with Gasteiger partial charge in [-0.1, -0.05) is 18.2 Å². The van der Waals surface area contributed by atoms with Gasteiger partial charge in [-0.2, -0.15) is 0 Å². The van der Waals surface area contributed by atoms with Crippen molar-refractivity contribution in [2.45, 2.75) is 18.9 Å². The molecule has 0 bridgehead atoms. The van der Waals surface area contributed by atoms with E-state index in [9.17, 15) is 0 Å². The fraction of sp³-hybridized carbons (Fsp3) is 0.538. The lowest BCUT2D eigenvalue weighted by Crippen LogP contribution is -2.46. The molecule has 0 saturated carbocycles. The standard InChI is InChI=1S/C13H20N2O/c1-16-10-12(9-14)15-8-4-6-11-5-2-3-7-13(11)15/h2-3,5,7,12H,4,6,8-10,14H2,1H3. The molecule has 1 aromatic carbocycles. The first-order valence-electron chi connectivity index (χ1n) is 5.90. The van der Waals surface area contributed by atoms with Crippen LogP contribution in [-0.4, -0.2) is 32.8 Å². The van der Waals surface area contributed by atoms with E-state index in [-0.39, 0.29) is 0 Å². The molecule has 1 aliphatic rings. The van der Waals surface area contributed by atoms with E-state index in [1.807, 2.05) is 0 Å². The molecule has 2 rings (SSSR count). The Morgan fingerprint density at radius 2 is 2.25 bits per heavy atom. The summed E-state index contributed by atoms with van der Waals surface area (Å²) in [4.78, 5) is 2.39. The molecular weight excluding hydrogens is 200 g/mol. The highest BCUT2D eigenvalue weighted by atomic mass is 16.5. The van der Waals surface area contributed by atoms with Crippen molar-refractivity contribution in [3.05, 3.63) is 29.8 Å². The SMILES string of the molecule is COCC(CN)N1CCCc2ccccc21. The molecule has 2 N–H and O–H groups in total. The van der Waals surface area contributed by atoms with Gasteiger partial charge in [-0.15, -0.1) is 0 Å². The first-order chi connectivity index (χ1) is 7.86. The van der Waals surface area contributed by atoms with E-state index in [1.54, 1.807) is 7.11 Å². The van der Waals surface area contributed by atoms with Gasteiger partial charge in [-0.3, -0.25) is 0 Å². The van der Waals surface area contributed by atoms with E-state index >= 15 is 0 Å². The van der Waals surface area contributed by atoms with Crippen LogP contribution in [0.5, 0.6) is 0 Å². The molecule has 3 heteroatoms. The van der Waals surface area contributed by atoms with Gasteiger partial charge in [0.25, 0.3) is 0 Å². The van der Waals surface area contributed by atoms with Gasteiger partial charge in [0.05, 0.1) is 12.6 Å². The largest absolute Gasteiger partial charge is 0.383 e. The summed E-state index contributed by atoms with van der Waals surface area (Å²) in [6.07, 6.45) is 2.38. The molecule has 88 valence electrons. The fourth-order valence-corrected chi connectivity index (χ4v) is 2.42. The van der Waals surface area contributed by atoms with Crippen molar-refractivity contribution in [3.8, 4) is 0 Å². The molecule has 0 fully saturated rings. The van der Waals surface area contributed by atoms with Crippen LogP contribution in [0.2, 0.25) is 0 Å². The zero-order valence-corrected chi connectivity index (χ0v) is 9.86. The van der Waals surface area contributed by atoms with Gasteiger partial charge in [0.1, 0.15) is 0 Å². The summed E-state index contributed by atoms with van der Waals surface area (Å²) in [6.45, 7) is 2.43. The van der Waals surface area contributed by atoms with Gasteiger partial charge >= 0.3 is 0 Å². The summed E-state index contributed by atoms with van der Waals surface area (Å²) in [5.74, 6) is 0. The minimum absolute atomic E-state index is 0.298. The predicted molar refractivity (Wildman–Crippen MR) is 66.8 cm³/mol. The third kappa shape index (κ3) is 2.20. The van der Waals surface area contributed by atoms with Crippen LogP contribution in [0.25, 0.3) is 0 Å². The molecule has 1 atom stereocenters. The van der Waals surface area contributed by atoms with Crippen molar-refractivity contribution < 1.29 is 4.74 Å². The van der Waals surface area contributed by atoms with E-state index in [4.69, 9.17) is 10.5 Å². The molecule has 0 saturated heterocycles. The maximum Gasteiger partial charge on any atom is 0.0678 e.